The van der Waals surface area contributed by atoms with Gasteiger partial charge in [0.05, 0.1) is 13.2 Å². The molecule has 6 nitrogen and oxygen atoms in total. The third kappa shape index (κ3) is 9.47. The number of amides is 2. The van der Waals surface area contributed by atoms with Crippen molar-refractivity contribution in [3.63, 3.8) is 0 Å². The van der Waals surface area contributed by atoms with E-state index in [1.54, 1.807) is 4.90 Å². The first-order chi connectivity index (χ1) is 19.0. The lowest BCUT2D eigenvalue weighted by molar-refractivity contribution is -0.141. The van der Waals surface area contributed by atoms with Crippen LogP contribution in [-0.2, 0) is 29.0 Å². The summed E-state index contributed by atoms with van der Waals surface area (Å²) in [5, 5.41) is 3.08. The van der Waals surface area contributed by atoms with E-state index in [1.807, 2.05) is 92.7 Å². The normalized spacial score (nSPS) is 11.5. The molecule has 0 aliphatic heterocycles. The van der Waals surface area contributed by atoms with Gasteiger partial charge in [-0.3, -0.25) is 9.59 Å². The molecule has 1 atom stereocenters. The summed E-state index contributed by atoms with van der Waals surface area (Å²) in [6.45, 7) is 8.01. The van der Waals surface area contributed by atoms with Gasteiger partial charge in [0, 0.05) is 25.9 Å². The Labute approximate surface area is 233 Å². The molecular formula is C33H42N2O4. The molecule has 0 radical (unpaired) electrons. The predicted octanol–water partition coefficient (Wildman–Crippen LogP) is 5.97. The van der Waals surface area contributed by atoms with Crippen LogP contribution in [0.2, 0.25) is 0 Å². The van der Waals surface area contributed by atoms with Crippen molar-refractivity contribution in [3.05, 3.63) is 95.6 Å². The van der Waals surface area contributed by atoms with Crippen LogP contribution in [0, 0.1) is 0 Å². The lowest BCUT2D eigenvalue weighted by Gasteiger charge is -2.31. The number of benzene rings is 3. The van der Waals surface area contributed by atoms with Crippen molar-refractivity contribution in [2.75, 3.05) is 19.8 Å². The van der Waals surface area contributed by atoms with Crippen molar-refractivity contribution >= 4 is 11.8 Å². The van der Waals surface area contributed by atoms with Crippen molar-refractivity contribution in [1.82, 2.24) is 10.2 Å². The highest BCUT2D eigenvalue weighted by atomic mass is 16.5. The second kappa shape index (κ2) is 16.2. The minimum absolute atomic E-state index is 0.0581. The van der Waals surface area contributed by atoms with Crippen LogP contribution < -0.4 is 14.8 Å². The smallest absolute Gasteiger partial charge is 0.243 e. The number of hydrogen-bond donors (Lipinski definition) is 1. The quantitative estimate of drug-likeness (QED) is 0.232. The average Bonchev–Trinajstić information content (AvgIpc) is 2.96. The first kappa shape index (κ1) is 29.8. The molecule has 0 aliphatic rings. The molecule has 2 amide bonds. The molecular weight excluding hydrogens is 488 g/mol. The van der Waals surface area contributed by atoms with E-state index in [4.69, 9.17) is 9.47 Å². The van der Waals surface area contributed by atoms with E-state index < -0.39 is 6.04 Å². The van der Waals surface area contributed by atoms with Gasteiger partial charge < -0.3 is 19.7 Å². The van der Waals surface area contributed by atoms with Crippen molar-refractivity contribution in [2.45, 2.75) is 65.5 Å². The third-order valence-electron chi connectivity index (χ3n) is 6.53. The highest BCUT2D eigenvalue weighted by Gasteiger charge is 2.30. The molecule has 0 saturated heterocycles. The maximum atomic E-state index is 13.9. The maximum absolute atomic E-state index is 13.9. The van der Waals surface area contributed by atoms with Gasteiger partial charge in [-0.15, -0.1) is 0 Å². The number of aryl methyl sites for hydroxylation is 1. The summed E-state index contributed by atoms with van der Waals surface area (Å²) in [5.74, 6) is 1.21. The number of ether oxygens (including phenoxy) is 2. The van der Waals surface area contributed by atoms with Crippen molar-refractivity contribution in [3.8, 4) is 11.5 Å². The standard InChI is InChI=1S/C33H42N2O4/c1-4-7-22-34-33(37)29(23-26-14-10-8-11-15-26)35(25-28-16-12-9-13-17-28)32(36)21-19-27-18-20-30(38-5-2)31(24-27)39-6-3/h8-18,20,24,29H,4-7,19,21-23,25H2,1-3H3,(H,34,37)/t29-/m1/s1. The summed E-state index contributed by atoms with van der Waals surface area (Å²) in [7, 11) is 0. The van der Waals surface area contributed by atoms with Crippen LogP contribution in [0.5, 0.6) is 11.5 Å². The van der Waals surface area contributed by atoms with Crippen molar-refractivity contribution in [2.24, 2.45) is 0 Å². The molecule has 3 aromatic rings. The highest BCUT2D eigenvalue weighted by molar-refractivity contribution is 5.88. The summed E-state index contributed by atoms with van der Waals surface area (Å²) in [5.41, 5.74) is 3.00. The fourth-order valence-electron chi connectivity index (χ4n) is 4.49. The number of carbonyl (C=O) groups is 2. The van der Waals surface area contributed by atoms with Gasteiger partial charge in [0.1, 0.15) is 6.04 Å². The zero-order chi connectivity index (χ0) is 27.9. The largest absolute Gasteiger partial charge is 0.490 e. The second-order valence-corrected chi connectivity index (χ2v) is 9.50. The number of hydrogen-bond acceptors (Lipinski definition) is 4. The second-order valence-electron chi connectivity index (χ2n) is 9.50. The Balaban J connectivity index is 1.85. The molecule has 0 unspecified atom stereocenters. The Morgan fingerprint density at radius 3 is 2.08 bits per heavy atom. The van der Waals surface area contributed by atoms with E-state index in [0.29, 0.717) is 50.6 Å². The topological polar surface area (TPSA) is 67.9 Å². The minimum Gasteiger partial charge on any atom is -0.490 e. The van der Waals surface area contributed by atoms with Crippen LogP contribution in [0.25, 0.3) is 0 Å². The van der Waals surface area contributed by atoms with Crippen LogP contribution in [-0.4, -0.2) is 42.5 Å². The fourth-order valence-corrected chi connectivity index (χ4v) is 4.49. The highest BCUT2D eigenvalue weighted by Crippen LogP contribution is 2.29. The van der Waals surface area contributed by atoms with Gasteiger partial charge in [0.25, 0.3) is 0 Å². The van der Waals surface area contributed by atoms with E-state index in [0.717, 1.165) is 29.5 Å². The lowest BCUT2D eigenvalue weighted by atomic mass is 10.0. The number of unbranched alkanes of at least 4 members (excludes halogenated alkanes) is 1. The molecule has 208 valence electrons. The molecule has 0 bridgehead atoms. The Morgan fingerprint density at radius 1 is 0.795 bits per heavy atom. The summed E-state index contributed by atoms with van der Waals surface area (Å²) in [6, 6.07) is 25.0. The number of nitrogens with one attached hydrogen (secondary N) is 1. The van der Waals surface area contributed by atoms with Gasteiger partial charge in [-0.1, -0.05) is 80.1 Å². The molecule has 6 heteroatoms. The Hall–Kier alpha value is -3.80. The Bertz CT molecular complexity index is 1150. The first-order valence-corrected chi connectivity index (χ1v) is 14.1. The molecule has 0 heterocycles. The van der Waals surface area contributed by atoms with Gasteiger partial charge in [-0.25, -0.2) is 0 Å². The van der Waals surface area contributed by atoms with Gasteiger partial charge in [-0.2, -0.15) is 0 Å². The average molecular weight is 531 g/mol. The summed E-state index contributed by atoms with van der Waals surface area (Å²) in [4.78, 5) is 29.1. The third-order valence-corrected chi connectivity index (χ3v) is 6.53. The molecule has 0 fully saturated rings. The van der Waals surface area contributed by atoms with E-state index in [9.17, 15) is 9.59 Å². The monoisotopic (exact) mass is 530 g/mol. The molecule has 3 rings (SSSR count). The van der Waals surface area contributed by atoms with Crippen LogP contribution in [0.1, 0.15) is 56.7 Å². The molecule has 39 heavy (non-hydrogen) atoms. The fraction of sp³-hybridized carbons (Fsp3) is 0.394. The molecule has 0 saturated carbocycles. The molecule has 0 aromatic heterocycles. The minimum atomic E-state index is -0.615. The van der Waals surface area contributed by atoms with E-state index in [1.165, 1.54) is 0 Å². The summed E-state index contributed by atoms with van der Waals surface area (Å²) < 4.78 is 11.5. The molecule has 3 aromatic carbocycles. The van der Waals surface area contributed by atoms with Gasteiger partial charge in [-0.05, 0) is 55.5 Å². The maximum Gasteiger partial charge on any atom is 0.243 e. The summed E-state index contributed by atoms with van der Waals surface area (Å²) >= 11 is 0. The number of nitrogens with zero attached hydrogens (tertiary/aromatic N) is 1. The van der Waals surface area contributed by atoms with Gasteiger partial charge in [0.2, 0.25) is 11.8 Å². The van der Waals surface area contributed by atoms with Crippen molar-refractivity contribution < 1.29 is 19.1 Å². The molecule has 0 spiro atoms. The first-order valence-electron chi connectivity index (χ1n) is 14.1. The van der Waals surface area contributed by atoms with Gasteiger partial charge in [0.15, 0.2) is 11.5 Å². The van der Waals surface area contributed by atoms with E-state index in [-0.39, 0.29) is 18.2 Å². The van der Waals surface area contributed by atoms with Crippen LogP contribution >= 0.6 is 0 Å². The molecule has 1 N–H and O–H groups in total. The predicted molar refractivity (Wildman–Crippen MR) is 156 cm³/mol. The van der Waals surface area contributed by atoms with Crippen molar-refractivity contribution in [1.29, 1.82) is 0 Å². The number of rotatable bonds is 16. The van der Waals surface area contributed by atoms with E-state index >= 15 is 0 Å². The Morgan fingerprint density at radius 2 is 1.44 bits per heavy atom. The SMILES string of the molecule is CCCCNC(=O)[C@@H](Cc1ccccc1)N(Cc1ccccc1)C(=O)CCc1ccc(OCC)c(OCC)c1. The van der Waals surface area contributed by atoms with Crippen LogP contribution in [0.3, 0.4) is 0 Å². The number of carbonyl (C=O) groups excluding carboxylic acids is 2. The zero-order valence-electron chi connectivity index (χ0n) is 23.5. The van der Waals surface area contributed by atoms with Gasteiger partial charge >= 0.3 is 0 Å². The van der Waals surface area contributed by atoms with E-state index in [2.05, 4.69) is 12.2 Å². The Kier molecular flexibility index (Phi) is 12.4. The molecule has 0 aliphatic carbocycles. The van der Waals surface area contributed by atoms with Crippen LogP contribution in [0.15, 0.2) is 78.9 Å². The zero-order valence-corrected chi connectivity index (χ0v) is 23.5. The summed E-state index contributed by atoms with van der Waals surface area (Å²) in [6.07, 6.45) is 3.15. The lowest BCUT2D eigenvalue weighted by Crippen LogP contribution is -2.50. The van der Waals surface area contributed by atoms with Crippen LogP contribution in [0.4, 0.5) is 0 Å².